The molecule has 0 aliphatic heterocycles. The van der Waals surface area contributed by atoms with Crippen molar-refractivity contribution in [3.8, 4) is 0 Å². The van der Waals surface area contributed by atoms with Gasteiger partial charge in [-0.25, -0.2) is 9.37 Å². The maximum atomic E-state index is 13.5. The second kappa shape index (κ2) is 3.82. The van der Waals surface area contributed by atoms with Crippen LogP contribution < -0.4 is 0 Å². The number of aliphatic hydroxyl groups excluding tert-OH is 1. The number of hydrogen-bond donors (Lipinski definition) is 1. The predicted octanol–water partition coefficient (Wildman–Crippen LogP) is 1.88. The molecule has 1 N–H and O–H groups in total. The molecular weight excluding hydrogens is 195 g/mol. The molecule has 4 heteroatoms. The number of nitrogens with zero attached hydrogens (tertiary/aromatic N) is 2. The van der Waals surface area contributed by atoms with Gasteiger partial charge in [-0.1, -0.05) is 12.1 Å². The van der Waals surface area contributed by atoms with Crippen molar-refractivity contribution in [3.63, 3.8) is 0 Å². The van der Waals surface area contributed by atoms with E-state index in [4.69, 9.17) is 5.11 Å². The molecule has 3 nitrogen and oxygen atoms in total. The van der Waals surface area contributed by atoms with Gasteiger partial charge < -0.3 is 9.67 Å². The minimum Gasteiger partial charge on any atom is -0.392 e. The van der Waals surface area contributed by atoms with Crippen LogP contribution in [0.2, 0.25) is 0 Å². The summed E-state index contributed by atoms with van der Waals surface area (Å²) in [6, 6.07) is 7.43. The zero-order chi connectivity index (χ0) is 10.8. The van der Waals surface area contributed by atoms with Crippen LogP contribution in [0, 0.1) is 0 Å². The summed E-state index contributed by atoms with van der Waals surface area (Å²) in [5.74, 6) is -0.263. The van der Waals surface area contributed by atoms with Crippen LogP contribution in [0.4, 0.5) is 4.39 Å². The van der Waals surface area contributed by atoms with Crippen LogP contribution in [0.5, 0.6) is 0 Å². The molecule has 0 fully saturated rings. The van der Waals surface area contributed by atoms with E-state index in [9.17, 15) is 4.39 Å². The lowest BCUT2D eigenvalue weighted by Gasteiger charge is -1.98. The molecule has 0 spiro atoms. The van der Waals surface area contributed by atoms with Gasteiger partial charge in [0.25, 0.3) is 0 Å². The van der Waals surface area contributed by atoms with Crippen molar-refractivity contribution >= 4 is 16.9 Å². The highest BCUT2D eigenvalue weighted by Gasteiger charge is 2.10. The van der Waals surface area contributed by atoms with E-state index in [0.29, 0.717) is 0 Å². The highest BCUT2D eigenvalue weighted by atomic mass is 19.1. The molecule has 78 valence electrons. The zero-order valence-corrected chi connectivity index (χ0v) is 8.31. The average Bonchev–Trinajstić information content (AvgIpc) is 2.57. The molecule has 0 aliphatic carbocycles. The van der Waals surface area contributed by atoms with E-state index in [0.717, 1.165) is 17.1 Å². The molecule has 0 aliphatic rings. The highest BCUT2D eigenvalue weighted by Crippen LogP contribution is 2.20. The third-order valence-electron chi connectivity index (χ3n) is 2.27. The standard InChI is InChI=1S/C11H11FN2O/c1-14-10-5-3-2-4-9(10)13-11(14)8(12)6-7-15/h2-6,15H,7H2,1H3. The Morgan fingerprint density at radius 3 is 2.93 bits per heavy atom. The first-order valence-electron chi connectivity index (χ1n) is 4.62. The minimum atomic E-state index is -0.504. The molecule has 2 aromatic rings. The van der Waals surface area contributed by atoms with Crippen LogP contribution in [0.1, 0.15) is 5.82 Å². The van der Waals surface area contributed by atoms with Crippen LogP contribution >= 0.6 is 0 Å². The number of aromatic nitrogens is 2. The third kappa shape index (κ3) is 1.64. The first-order chi connectivity index (χ1) is 7.24. The molecular formula is C11H11FN2O. The smallest absolute Gasteiger partial charge is 0.169 e. The summed E-state index contributed by atoms with van der Waals surface area (Å²) in [6.45, 7) is -0.324. The van der Waals surface area contributed by atoms with Crippen molar-refractivity contribution in [1.82, 2.24) is 9.55 Å². The largest absolute Gasteiger partial charge is 0.392 e. The van der Waals surface area contributed by atoms with Crippen molar-refractivity contribution in [2.75, 3.05) is 6.61 Å². The van der Waals surface area contributed by atoms with Crippen molar-refractivity contribution in [2.45, 2.75) is 0 Å². The molecule has 0 bridgehead atoms. The summed E-state index contributed by atoms with van der Waals surface area (Å²) >= 11 is 0. The predicted molar refractivity (Wildman–Crippen MR) is 56.9 cm³/mol. The average molecular weight is 206 g/mol. The molecule has 0 saturated carbocycles. The van der Waals surface area contributed by atoms with Crippen molar-refractivity contribution in [3.05, 3.63) is 36.2 Å². The maximum Gasteiger partial charge on any atom is 0.169 e. The molecule has 0 unspecified atom stereocenters. The molecule has 2 rings (SSSR count). The van der Waals surface area contributed by atoms with Gasteiger partial charge in [-0.3, -0.25) is 0 Å². The summed E-state index contributed by atoms with van der Waals surface area (Å²) < 4.78 is 15.1. The van der Waals surface area contributed by atoms with Gasteiger partial charge in [0.1, 0.15) is 0 Å². The highest BCUT2D eigenvalue weighted by molar-refractivity contribution is 5.78. The van der Waals surface area contributed by atoms with Gasteiger partial charge in [-0.05, 0) is 18.2 Å². The number of imidazole rings is 1. The Hall–Kier alpha value is -1.68. The van der Waals surface area contributed by atoms with Crippen LogP contribution in [0.3, 0.4) is 0 Å². The number of fused-ring (bicyclic) bond motifs is 1. The molecule has 15 heavy (non-hydrogen) atoms. The molecule has 0 saturated heterocycles. The summed E-state index contributed by atoms with van der Waals surface area (Å²) in [6.07, 6.45) is 1.10. The van der Waals surface area contributed by atoms with Crippen LogP contribution in [-0.2, 0) is 7.05 Å². The lowest BCUT2D eigenvalue weighted by atomic mass is 10.3. The summed E-state index contributed by atoms with van der Waals surface area (Å²) in [5.41, 5.74) is 1.62. The molecule has 1 aromatic heterocycles. The number of aryl methyl sites for hydroxylation is 1. The van der Waals surface area contributed by atoms with Crippen molar-refractivity contribution < 1.29 is 9.50 Å². The molecule has 0 atom stereocenters. The Morgan fingerprint density at radius 1 is 1.53 bits per heavy atom. The monoisotopic (exact) mass is 206 g/mol. The molecule has 1 aromatic carbocycles. The van der Waals surface area contributed by atoms with Gasteiger partial charge in [0.2, 0.25) is 0 Å². The second-order valence-electron chi connectivity index (χ2n) is 3.22. The van der Waals surface area contributed by atoms with Gasteiger partial charge in [0.15, 0.2) is 11.7 Å². The zero-order valence-electron chi connectivity index (χ0n) is 8.31. The fraction of sp³-hybridized carbons (Fsp3) is 0.182. The van der Waals surface area contributed by atoms with Gasteiger partial charge in [-0.15, -0.1) is 0 Å². The number of hydrogen-bond acceptors (Lipinski definition) is 2. The van der Waals surface area contributed by atoms with E-state index in [1.165, 1.54) is 0 Å². The Kier molecular flexibility index (Phi) is 2.51. The number of halogens is 1. The summed E-state index contributed by atoms with van der Waals surface area (Å²) in [7, 11) is 1.75. The van der Waals surface area contributed by atoms with Gasteiger partial charge in [0.05, 0.1) is 17.6 Å². The van der Waals surface area contributed by atoms with E-state index in [2.05, 4.69) is 4.98 Å². The maximum absolute atomic E-state index is 13.5. The number of para-hydroxylation sites is 2. The van der Waals surface area contributed by atoms with Gasteiger partial charge >= 0.3 is 0 Å². The fourth-order valence-corrected chi connectivity index (χ4v) is 1.53. The van der Waals surface area contributed by atoms with Crippen LogP contribution in [0.15, 0.2) is 30.3 Å². The summed E-state index contributed by atoms with van der Waals surface area (Å²) in [4.78, 5) is 4.14. The van der Waals surface area contributed by atoms with Crippen molar-refractivity contribution in [1.29, 1.82) is 0 Å². The van der Waals surface area contributed by atoms with E-state index in [1.807, 2.05) is 24.3 Å². The van der Waals surface area contributed by atoms with Gasteiger partial charge in [-0.2, -0.15) is 0 Å². The number of aliphatic hydroxyl groups is 1. The molecule has 0 amide bonds. The summed E-state index contributed by atoms with van der Waals surface area (Å²) in [5, 5.41) is 8.61. The quantitative estimate of drug-likeness (QED) is 0.814. The Balaban J connectivity index is 2.63. The topological polar surface area (TPSA) is 38.0 Å². The fourth-order valence-electron chi connectivity index (χ4n) is 1.53. The SMILES string of the molecule is Cn1c(C(F)=CCO)nc2ccccc21. The van der Waals surface area contributed by atoms with E-state index < -0.39 is 5.83 Å². The molecule has 1 heterocycles. The number of benzene rings is 1. The van der Waals surface area contributed by atoms with Crippen LogP contribution in [0.25, 0.3) is 16.9 Å². The first-order valence-corrected chi connectivity index (χ1v) is 4.62. The first kappa shape index (κ1) is 9.86. The second-order valence-corrected chi connectivity index (χ2v) is 3.22. The lowest BCUT2D eigenvalue weighted by molar-refractivity contribution is 0.342. The third-order valence-corrected chi connectivity index (χ3v) is 2.27. The van der Waals surface area contributed by atoms with E-state index in [-0.39, 0.29) is 12.4 Å². The minimum absolute atomic E-state index is 0.241. The Morgan fingerprint density at radius 2 is 2.27 bits per heavy atom. The lowest BCUT2D eigenvalue weighted by Crippen LogP contribution is -1.94. The Labute approximate surface area is 86.5 Å². The normalized spacial score (nSPS) is 12.3. The van der Waals surface area contributed by atoms with E-state index in [1.54, 1.807) is 11.6 Å². The Bertz CT molecular complexity index is 516. The van der Waals surface area contributed by atoms with Crippen molar-refractivity contribution in [2.24, 2.45) is 7.05 Å². The molecule has 0 radical (unpaired) electrons. The number of rotatable bonds is 2. The van der Waals surface area contributed by atoms with Gasteiger partial charge in [0, 0.05) is 7.05 Å². The van der Waals surface area contributed by atoms with Crippen LogP contribution in [-0.4, -0.2) is 21.3 Å². The van der Waals surface area contributed by atoms with E-state index >= 15 is 0 Å².